The van der Waals surface area contributed by atoms with E-state index in [9.17, 15) is 9.18 Å². The second-order valence-corrected chi connectivity index (χ2v) is 5.34. The van der Waals surface area contributed by atoms with Crippen LogP contribution in [0.25, 0.3) is 0 Å². The number of hydrogen-bond acceptors (Lipinski definition) is 4. The molecule has 0 amide bonds. The SMILES string of the molecule is CN(CCOc1ccc(CC(=O)O)c(F)c1)CC1COC1. The number of aliphatic carboxylic acids is 1. The van der Waals surface area contributed by atoms with E-state index in [2.05, 4.69) is 4.90 Å². The molecule has 21 heavy (non-hydrogen) atoms. The second-order valence-electron chi connectivity index (χ2n) is 5.34. The van der Waals surface area contributed by atoms with Crippen molar-refractivity contribution in [2.45, 2.75) is 6.42 Å². The van der Waals surface area contributed by atoms with Crippen LogP contribution in [-0.2, 0) is 16.0 Å². The van der Waals surface area contributed by atoms with Crippen LogP contribution in [0, 0.1) is 11.7 Å². The molecule has 1 N–H and O–H groups in total. The summed E-state index contributed by atoms with van der Waals surface area (Å²) in [5.74, 6) is -0.580. The largest absolute Gasteiger partial charge is 0.492 e. The van der Waals surface area contributed by atoms with Gasteiger partial charge in [0, 0.05) is 25.1 Å². The van der Waals surface area contributed by atoms with Crippen LogP contribution in [0.5, 0.6) is 5.75 Å². The minimum absolute atomic E-state index is 0.164. The maximum Gasteiger partial charge on any atom is 0.307 e. The van der Waals surface area contributed by atoms with E-state index in [1.807, 2.05) is 7.05 Å². The zero-order valence-electron chi connectivity index (χ0n) is 12.0. The lowest BCUT2D eigenvalue weighted by Gasteiger charge is -2.30. The van der Waals surface area contributed by atoms with Gasteiger partial charge in [0.05, 0.1) is 19.6 Å². The number of rotatable bonds is 8. The van der Waals surface area contributed by atoms with Crippen molar-refractivity contribution in [2.24, 2.45) is 5.92 Å². The average molecular weight is 297 g/mol. The molecular formula is C15H20FNO4. The molecule has 0 unspecified atom stereocenters. The lowest BCUT2D eigenvalue weighted by molar-refractivity contribution is -0.136. The summed E-state index contributed by atoms with van der Waals surface area (Å²) >= 11 is 0. The molecule has 0 radical (unpaired) electrons. The van der Waals surface area contributed by atoms with Gasteiger partial charge < -0.3 is 19.5 Å². The monoisotopic (exact) mass is 297 g/mol. The molecule has 116 valence electrons. The first-order valence-electron chi connectivity index (χ1n) is 6.94. The van der Waals surface area contributed by atoms with Gasteiger partial charge in [-0.15, -0.1) is 0 Å². The van der Waals surface area contributed by atoms with Crippen molar-refractivity contribution in [3.05, 3.63) is 29.6 Å². The van der Waals surface area contributed by atoms with Crippen molar-refractivity contribution in [3.63, 3.8) is 0 Å². The number of ether oxygens (including phenoxy) is 2. The highest BCUT2D eigenvalue weighted by Crippen LogP contribution is 2.17. The molecule has 0 aromatic heterocycles. The van der Waals surface area contributed by atoms with E-state index >= 15 is 0 Å². The first kappa shape index (κ1) is 15.7. The molecule has 1 aliphatic rings. The highest BCUT2D eigenvalue weighted by atomic mass is 19.1. The molecule has 1 saturated heterocycles. The summed E-state index contributed by atoms with van der Waals surface area (Å²) in [4.78, 5) is 12.7. The first-order chi connectivity index (χ1) is 10.0. The standard InChI is InChI=1S/C15H20FNO4/c1-17(8-11-9-20-10-11)4-5-21-13-3-2-12(6-15(18)19)14(16)7-13/h2-3,7,11H,4-6,8-10H2,1H3,(H,18,19). The van der Waals surface area contributed by atoms with Crippen LogP contribution in [0.4, 0.5) is 4.39 Å². The summed E-state index contributed by atoms with van der Waals surface area (Å²) in [6, 6.07) is 4.29. The summed E-state index contributed by atoms with van der Waals surface area (Å²) in [7, 11) is 2.01. The molecule has 1 aromatic rings. The second kappa shape index (κ2) is 7.38. The molecule has 1 heterocycles. The Hall–Kier alpha value is -1.66. The Bertz CT molecular complexity index is 491. The van der Waals surface area contributed by atoms with Gasteiger partial charge in [-0.05, 0) is 18.7 Å². The summed E-state index contributed by atoms with van der Waals surface area (Å²) in [6.45, 7) is 3.81. The molecule has 0 spiro atoms. The van der Waals surface area contributed by atoms with Crippen LogP contribution in [-0.4, -0.2) is 55.9 Å². The minimum atomic E-state index is -1.05. The van der Waals surface area contributed by atoms with E-state index in [1.54, 1.807) is 6.07 Å². The van der Waals surface area contributed by atoms with Crippen LogP contribution < -0.4 is 4.74 Å². The van der Waals surface area contributed by atoms with Crippen molar-refractivity contribution in [3.8, 4) is 5.75 Å². The van der Waals surface area contributed by atoms with Crippen LogP contribution >= 0.6 is 0 Å². The molecule has 1 aromatic carbocycles. The van der Waals surface area contributed by atoms with Gasteiger partial charge in [0.25, 0.3) is 0 Å². The average Bonchev–Trinajstić information content (AvgIpc) is 2.37. The molecule has 0 bridgehead atoms. The molecule has 6 heteroatoms. The number of carbonyl (C=O) groups is 1. The number of likely N-dealkylation sites (N-methyl/N-ethyl adjacent to an activating group) is 1. The number of hydrogen-bond donors (Lipinski definition) is 1. The van der Waals surface area contributed by atoms with Crippen molar-refractivity contribution in [1.29, 1.82) is 0 Å². The maximum absolute atomic E-state index is 13.7. The molecule has 1 aliphatic heterocycles. The van der Waals surface area contributed by atoms with Crippen LogP contribution in [0.15, 0.2) is 18.2 Å². The lowest BCUT2D eigenvalue weighted by atomic mass is 10.1. The van der Waals surface area contributed by atoms with E-state index in [0.717, 1.165) is 26.3 Å². The zero-order valence-corrected chi connectivity index (χ0v) is 12.0. The van der Waals surface area contributed by atoms with Crippen LogP contribution in [0.3, 0.4) is 0 Å². The predicted octanol–water partition coefficient (Wildman–Crippen LogP) is 1.41. The quantitative estimate of drug-likeness (QED) is 0.786. The van der Waals surface area contributed by atoms with Gasteiger partial charge in [-0.2, -0.15) is 0 Å². The summed E-state index contributed by atoms with van der Waals surface area (Å²) in [6.07, 6.45) is -0.321. The van der Waals surface area contributed by atoms with Gasteiger partial charge in [-0.3, -0.25) is 4.79 Å². The van der Waals surface area contributed by atoms with Crippen molar-refractivity contribution >= 4 is 5.97 Å². The van der Waals surface area contributed by atoms with Gasteiger partial charge in [-0.25, -0.2) is 4.39 Å². The normalized spacial score (nSPS) is 15.0. The van der Waals surface area contributed by atoms with E-state index in [4.69, 9.17) is 14.6 Å². The highest BCUT2D eigenvalue weighted by molar-refractivity contribution is 5.70. The molecule has 0 aliphatic carbocycles. The summed E-state index contributed by atoms with van der Waals surface area (Å²) in [5, 5.41) is 8.65. The van der Waals surface area contributed by atoms with Gasteiger partial charge in [0.2, 0.25) is 0 Å². The maximum atomic E-state index is 13.7. The van der Waals surface area contributed by atoms with Crippen molar-refractivity contribution < 1.29 is 23.8 Å². The Balaban J connectivity index is 1.74. The zero-order chi connectivity index (χ0) is 15.2. The predicted molar refractivity (Wildman–Crippen MR) is 75.0 cm³/mol. The van der Waals surface area contributed by atoms with E-state index in [0.29, 0.717) is 18.3 Å². The Morgan fingerprint density at radius 3 is 2.86 bits per heavy atom. The molecule has 2 rings (SSSR count). The summed E-state index contributed by atoms with van der Waals surface area (Å²) in [5.41, 5.74) is 0.164. The minimum Gasteiger partial charge on any atom is -0.492 e. The Morgan fingerprint density at radius 1 is 1.52 bits per heavy atom. The lowest BCUT2D eigenvalue weighted by Crippen LogP contribution is -2.39. The number of carboxylic acids is 1. The van der Waals surface area contributed by atoms with Crippen molar-refractivity contribution in [2.75, 3.05) is 40.0 Å². The fraction of sp³-hybridized carbons (Fsp3) is 0.533. The number of nitrogens with zero attached hydrogens (tertiary/aromatic N) is 1. The molecule has 5 nitrogen and oxygen atoms in total. The fourth-order valence-electron chi connectivity index (χ4n) is 2.17. The third-order valence-electron chi connectivity index (χ3n) is 3.38. The Kier molecular flexibility index (Phi) is 5.52. The van der Waals surface area contributed by atoms with Gasteiger partial charge in [0.1, 0.15) is 18.2 Å². The highest BCUT2D eigenvalue weighted by Gasteiger charge is 2.19. The molecule has 1 fully saturated rings. The van der Waals surface area contributed by atoms with Crippen molar-refractivity contribution in [1.82, 2.24) is 4.90 Å². The molecule has 0 saturated carbocycles. The third kappa shape index (κ3) is 4.99. The van der Waals surface area contributed by atoms with Crippen LogP contribution in [0.2, 0.25) is 0 Å². The number of carboxylic acid groups (broad SMARTS) is 1. The molecule has 0 atom stereocenters. The number of benzene rings is 1. The van der Waals surface area contributed by atoms with E-state index in [-0.39, 0.29) is 12.0 Å². The fourth-order valence-corrected chi connectivity index (χ4v) is 2.17. The third-order valence-corrected chi connectivity index (χ3v) is 3.38. The summed E-state index contributed by atoms with van der Waals surface area (Å²) < 4.78 is 24.3. The Morgan fingerprint density at radius 2 is 2.29 bits per heavy atom. The topological polar surface area (TPSA) is 59.0 Å². The number of halogens is 1. The van der Waals surface area contributed by atoms with E-state index < -0.39 is 11.8 Å². The molecular weight excluding hydrogens is 277 g/mol. The van der Waals surface area contributed by atoms with Gasteiger partial charge >= 0.3 is 5.97 Å². The van der Waals surface area contributed by atoms with Gasteiger partial charge in [-0.1, -0.05) is 6.07 Å². The Labute approximate surface area is 123 Å². The van der Waals surface area contributed by atoms with Gasteiger partial charge in [0.15, 0.2) is 0 Å². The van der Waals surface area contributed by atoms with Crippen LogP contribution in [0.1, 0.15) is 5.56 Å². The smallest absolute Gasteiger partial charge is 0.307 e. The van der Waals surface area contributed by atoms with E-state index in [1.165, 1.54) is 12.1 Å². The first-order valence-corrected chi connectivity index (χ1v) is 6.94.